The molecule has 2 nitrogen and oxygen atoms in total. The van der Waals surface area contributed by atoms with Crippen LogP contribution in [0.3, 0.4) is 0 Å². The predicted molar refractivity (Wildman–Crippen MR) is 92.4 cm³/mol. The number of hydrogen-bond acceptors (Lipinski definition) is 2. The molecule has 1 aliphatic heterocycles. The van der Waals surface area contributed by atoms with E-state index in [-0.39, 0.29) is 4.83 Å². The number of alkyl halides is 1. The van der Waals surface area contributed by atoms with Gasteiger partial charge in [0.1, 0.15) is 13.2 Å². The van der Waals surface area contributed by atoms with Gasteiger partial charge < -0.3 is 9.47 Å². The Morgan fingerprint density at radius 1 is 0.952 bits per heavy atom. The van der Waals surface area contributed by atoms with E-state index in [9.17, 15) is 0 Å². The van der Waals surface area contributed by atoms with Crippen molar-refractivity contribution in [1.29, 1.82) is 0 Å². The molecule has 1 heterocycles. The first-order valence-electron chi connectivity index (χ1n) is 6.24. The largest absolute Gasteiger partial charge is 0.486 e. The van der Waals surface area contributed by atoms with Gasteiger partial charge in [-0.2, -0.15) is 0 Å². The summed E-state index contributed by atoms with van der Waals surface area (Å²) in [7, 11) is 0. The van der Waals surface area contributed by atoms with Crippen LogP contribution in [0.25, 0.3) is 0 Å². The van der Waals surface area contributed by atoms with Crippen molar-refractivity contribution < 1.29 is 9.47 Å². The van der Waals surface area contributed by atoms with E-state index < -0.39 is 0 Å². The van der Waals surface area contributed by atoms with Gasteiger partial charge in [-0.15, -0.1) is 0 Å². The molecule has 1 unspecified atom stereocenters. The van der Waals surface area contributed by atoms with Crippen LogP contribution in [0.15, 0.2) is 34.8 Å². The van der Waals surface area contributed by atoms with Crippen LogP contribution >= 0.6 is 55.1 Å². The van der Waals surface area contributed by atoms with E-state index in [1.54, 1.807) is 6.07 Å². The molecule has 2 aromatic carbocycles. The summed E-state index contributed by atoms with van der Waals surface area (Å²) in [6, 6.07) is 9.35. The highest BCUT2D eigenvalue weighted by atomic mass is 79.9. The second kappa shape index (κ2) is 6.37. The quantitative estimate of drug-likeness (QED) is 0.519. The van der Waals surface area contributed by atoms with Gasteiger partial charge in [0.2, 0.25) is 0 Å². The van der Waals surface area contributed by atoms with E-state index in [0.29, 0.717) is 23.3 Å². The molecule has 0 spiro atoms. The Morgan fingerprint density at radius 2 is 1.62 bits per heavy atom. The van der Waals surface area contributed by atoms with Crippen LogP contribution in [0, 0.1) is 0 Å². The highest BCUT2D eigenvalue weighted by Crippen LogP contribution is 2.44. The molecule has 0 bridgehead atoms. The van der Waals surface area contributed by atoms with E-state index in [0.717, 1.165) is 27.1 Å². The zero-order valence-electron chi connectivity index (χ0n) is 10.7. The topological polar surface area (TPSA) is 18.5 Å². The van der Waals surface area contributed by atoms with Crippen molar-refractivity contribution in [2.45, 2.75) is 4.83 Å². The highest BCUT2D eigenvalue weighted by molar-refractivity contribution is 9.11. The molecule has 1 aliphatic rings. The van der Waals surface area contributed by atoms with Gasteiger partial charge in [-0.25, -0.2) is 0 Å². The predicted octanol–water partition coefficient (Wildman–Crippen LogP) is 6.01. The number of fused-ring (bicyclic) bond motifs is 1. The summed E-state index contributed by atoms with van der Waals surface area (Å²) in [4.78, 5) is -0.0764. The average molecular weight is 453 g/mol. The molecule has 110 valence electrons. The van der Waals surface area contributed by atoms with Gasteiger partial charge >= 0.3 is 0 Å². The maximum atomic E-state index is 6.28. The van der Waals surface area contributed by atoms with Crippen LogP contribution in [-0.4, -0.2) is 13.2 Å². The first-order valence-corrected chi connectivity index (χ1v) is 8.71. The minimum atomic E-state index is -0.0764. The van der Waals surface area contributed by atoms with Crippen molar-refractivity contribution >= 4 is 55.1 Å². The maximum absolute atomic E-state index is 6.28. The molecule has 0 amide bonds. The van der Waals surface area contributed by atoms with Crippen molar-refractivity contribution in [1.82, 2.24) is 0 Å². The van der Waals surface area contributed by atoms with E-state index in [1.807, 2.05) is 24.3 Å². The molecule has 0 radical (unpaired) electrons. The summed E-state index contributed by atoms with van der Waals surface area (Å²) in [6.45, 7) is 1.13. The standard InChI is InChI=1S/C15H10Br2Cl2O2/c16-11-7-14-13(20-3-4-21-14)6-10(11)15(17)9-2-1-8(18)5-12(9)19/h1-2,5-7,15H,3-4H2. The molecule has 0 fully saturated rings. The molecular weight excluding hydrogens is 443 g/mol. The maximum Gasteiger partial charge on any atom is 0.162 e. The first kappa shape index (κ1) is 15.5. The Hall–Kier alpha value is -0.420. The Kier molecular flexibility index (Phi) is 4.69. The van der Waals surface area contributed by atoms with Crippen LogP contribution in [0.4, 0.5) is 0 Å². The normalized spacial score (nSPS) is 14.9. The summed E-state index contributed by atoms with van der Waals surface area (Å²) < 4.78 is 12.1. The first-order chi connectivity index (χ1) is 10.1. The van der Waals surface area contributed by atoms with Gasteiger partial charge in [-0.1, -0.05) is 61.1 Å². The molecule has 0 aromatic heterocycles. The number of halogens is 4. The van der Waals surface area contributed by atoms with Crippen molar-refractivity contribution in [2.24, 2.45) is 0 Å². The van der Waals surface area contributed by atoms with Gasteiger partial charge in [-0.05, 0) is 35.4 Å². The molecule has 2 aromatic rings. The summed E-state index contributed by atoms with van der Waals surface area (Å²) in [5.41, 5.74) is 1.96. The van der Waals surface area contributed by atoms with Crippen molar-refractivity contribution in [3.8, 4) is 11.5 Å². The van der Waals surface area contributed by atoms with Gasteiger partial charge in [0.25, 0.3) is 0 Å². The molecule has 21 heavy (non-hydrogen) atoms. The fourth-order valence-electron chi connectivity index (χ4n) is 2.15. The minimum Gasteiger partial charge on any atom is -0.486 e. The lowest BCUT2D eigenvalue weighted by Gasteiger charge is -2.22. The molecule has 0 aliphatic carbocycles. The van der Waals surface area contributed by atoms with E-state index in [4.69, 9.17) is 32.7 Å². The van der Waals surface area contributed by atoms with Crippen LogP contribution in [0.2, 0.25) is 10.0 Å². The number of ether oxygens (including phenoxy) is 2. The third-order valence-corrected chi connectivity index (χ3v) is 5.41. The Bertz CT molecular complexity index is 692. The summed E-state index contributed by atoms with van der Waals surface area (Å²) in [6.07, 6.45) is 0. The Labute approximate surface area is 149 Å². The number of hydrogen-bond donors (Lipinski definition) is 0. The molecule has 6 heteroatoms. The minimum absolute atomic E-state index is 0.0764. The second-order valence-electron chi connectivity index (χ2n) is 4.55. The van der Waals surface area contributed by atoms with Crippen molar-refractivity contribution in [3.05, 3.63) is 56.0 Å². The molecule has 0 saturated heterocycles. The third-order valence-electron chi connectivity index (χ3n) is 3.17. The Balaban J connectivity index is 2.03. The van der Waals surface area contributed by atoms with E-state index >= 15 is 0 Å². The SMILES string of the molecule is Clc1ccc(C(Br)c2cc3c(cc2Br)OCCO3)c(Cl)c1. The average Bonchev–Trinajstić information content (AvgIpc) is 2.46. The van der Waals surface area contributed by atoms with Gasteiger partial charge in [0.05, 0.1) is 4.83 Å². The zero-order valence-corrected chi connectivity index (χ0v) is 15.4. The molecule has 3 rings (SSSR count). The van der Waals surface area contributed by atoms with Crippen molar-refractivity contribution in [3.63, 3.8) is 0 Å². The lowest BCUT2D eigenvalue weighted by Crippen LogP contribution is -2.15. The zero-order chi connectivity index (χ0) is 15.0. The van der Waals surface area contributed by atoms with Gasteiger partial charge in [0.15, 0.2) is 11.5 Å². The van der Waals surface area contributed by atoms with Crippen molar-refractivity contribution in [2.75, 3.05) is 13.2 Å². The van der Waals surface area contributed by atoms with Crippen LogP contribution < -0.4 is 9.47 Å². The van der Waals surface area contributed by atoms with E-state index in [1.165, 1.54) is 0 Å². The second-order valence-corrected chi connectivity index (χ2v) is 7.16. The molecule has 1 atom stereocenters. The summed E-state index contributed by atoms with van der Waals surface area (Å²) >= 11 is 19.5. The lowest BCUT2D eigenvalue weighted by molar-refractivity contribution is 0.171. The third kappa shape index (κ3) is 3.19. The van der Waals surface area contributed by atoms with Crippen LogP contribution in [0.1, 0.15) is 16.0 Å². The van der Waals surface area contributed by atoms with E-state index in [2.05, 4.69) is 31.9 Å². The smallest absolute Gasteiger partial charge is 0.162 e. The fourth-order valence-corrected chi connectivity index (χ4v) is 4.43. The monoisotopic (exact) mass is 450 g/mol. The molecular formula is C15H10Br2Cl2O2. The Morgan fingerprint density at radius 3 is 2.29 bits per heavy atom. The summed E-state index contributed by atoms with van der Waals surface area (Å²) in [5, 5.41) is 1.23. The fraction of sp³-hybridized carbons (Fsp3) is 0.200. The number of rotatable bonds is 2. The van der Waals surface area contributed by atoms with Crippen LogP contribution in [0.5, 0.6) is 11.5 Å². The summed E-state index contributed by atoms with van der Waals surface area (Å²) in [5.74, 6) is 1.49. The van der Waals surface area contributed by atoms with Gasteiger partial charge in [0, 0.05) is 14.5 Å². The lowest BCUT2D eigenvalue weighted by atomic mass is 10.0. The van der Waals surface area contributed by atoms with Gasteiger partial charge in [-0.3, -0.25) is 0 Å². The molecule has 0 saturated carbocycles. The number of benzene rings is 2. The highest BCUT2D eigenvalue weighted by Gasteiger charge is 2.21. The molecule has 0 N–H and O–H groups in total. The van der Waals surface area contributed by atoms with Crippen LogP contribution in [-0.2, 0) is 0 Å².